The number of hydrogen-bond acceptors (Lipinski definition) is 5. The van der Waals surface area contributed by atoms with E-state index in [1.165, 1.54) is 22.3 Å². The third kappa shape index (κ3) is 4.93. The Morgan fingerprint density at radius 2 is 1.52 bits per heavy atom. The average molecular weight is 449 g/mol. The van der Waals surface area contributed by atoms with Crippen molar-refractivity contribution in [2.75, 3.05) is 27.9 Å². The number of aromatic hydroxyl groups is 1. The molecule has 1 aliphatic carbocycles. The van der Waals surface area contributed by atoms with Gasteiger partial charge in [0.2, 0.25) is 0 Å². The van der Waals surface area contributed by atoms with Crippen molar-refractivity contribution in [3.8, 4) is 23.0 Å². The first-order valence-electron chi connectivity index (χ1n) is 11.4. The summed E-state index contributed by atoms with van der Waals surface area (Å²) in [4.78, 5) is 0. The fourth-order valence-electron chi connectivity index (χ4n) is 4.90. The molecule has 4 rings (SSSR count). The van der Waals surface area contributed by atoms with Crippen LogP contribution in [0.3, 0.4) is 0 Å². The lowest BCUT2D eigenvalue weighted by atomic mass is 9.72. The zero-order valence-electron chi connectivity index (χ0n) is 19.5. The van der Waals surface area contributed by atoms with Crippen molar-refractivity contribution in [1.29, 1.82) is 0 Å². The summed E-state index contributed by atoms with van der Waals surface area (Å²) in [5, 5.41) is 20.2. The first kappa shape index (κ1) is 23.0. The summed E-state index contributed by atoms with van der Waals surface area (Å²) < 4.78 is 16.3. The molecule has 33 heavy (non-hydrogen) atoms. The summed E-state index contributed by atoms with van der Waals surface area (Å²) in [7, 11) is 4.95. The highest BCUT2D eigenvalue weighted by Crippen LogP contribution is 2.42. The summed E-state index contributed by atoms with van der Waals surface area (Å²) in [5.41, 5.74) is 6.03. The van der Waals surface area contributed by atoms with Gasteiger partial charge < -0.3 is 24.4 Å². The van der Waals surface area contributed by atoms with Crippen LogP contribution in [0.2, 0.25) is 0 Å². The molecule has 0 radical (unpaired) electrons. The Hall–Kier alpha value is -3.18. The van der Waals surface area contributed by atoms with Crippen LogP contribution in [-0.2, 0) is 25.7 Å². The van der Waals surface area contributed by atoms with Crippen molar-refractivity contribution in [3.05, 3.63) is 82.4 Å². The first-order chi connectivity index (χ1) is 16.1. The number of aliphatic hydroxyl groups is 1. The lowest BCUT2D eigenvalue weighted by Crippen LogP contribution is -2.27. The lowest BCUT2D eigenvalue weighted by molar-refractivity contribution is 0.194. The quantitative estimate of drug-likeness (QED) is 0.523. The molecule has 5 nitrogen and oxygen atoms in total. The molecule has 0 saturated carbocycles. The van der Waals surface area contributed by atoms with Gasteiger partial charge in [-0.05, 0) is 95.7 Å². The lowest BCUT2D eigenvalue weighted by Gasteiger charge is -2.34. The standard InChI is InChI=1S/C28H32O5/c1-31-23-9-6-18(7-10-23)4-5-19-12-21-14-24(20-8-11-26(30)28(16-20)33-3)22(17-29)15-25(21)27(13-19)32-2/h6-13,16,22,24,29-30H,4-5,14-15,17H2,1-3H3/t22-,24-/m0/s1. The van der Waals surface area contributed by atoms with Gasteiger partial charge in [0.05, 0.1) is 21.3 Å². The van der Waals surface area contributed by atoms with Crippen molar-refractivity contribution in [2.45, 2.75) is 31.6 Å². The van der Waals surface area contributed by atoms with Crippen LogP contribution in [0.4, 0.5) is 0 Å². The third-order valence-corrected chi connectivity index (χ3v) is 6.78. The SMILES string of the molecule is COc1ccc(CCc2cc3c(c(OC)c2)C[C@@H](CO)[C@H](c2ccc(O)c(OC)c2)C3)cc1. The smallest absolute Gasteiger partial charge is 0.160 e. The monoisotopic (exact) mass is 448 g/mol. The van der Waals surface area contributed by atoms with Gasteiger partial charge in [-0.25, -0.2) is 0 Å². The van der Waals surface area contributed by atoms with Crippen molar-refractivity contribution < 1.29 is 24.4 Å². The second-order valence-electron chi connectivity index (χ2n) is 8.67. The molecule has 0 fully saturated rings. The molecule has 0 bridgehead atoms. The number of benzene rings is 3. The maximum Gasteiger partial charge on any atom is 0.160 e. The molecule has 0 aromatic heterocycles. The number of phenolic OH excluding ortho intramolecular Hbond substituents is 1. The molecule has 0 saturated heterocycles. The largest absolute Gasteiger partial charge is 0.504 e. The molecule has 1 aliphatic rings. The Morgan fingerprint density at radius 3 is 2.18 bits per heavy atom. The normalized spacial score (nSPS) is 17.3. The molecule has 5 heteroatoms. The second kappa shape index (κ2) is 10.2. The summed E-state index contributed by atoms with van der Waals surface area (Å²) in [6, 6.07) is 18.1. The Labute approximate surface area is 195 Å². The number of phenols is 1. The molecular formula is C28H32O5. The van der Waals surface area contributed by atoms with Crippen LogP contribution in [-0.4, -0.2) is 38.1 Å². The van der Waals surface area contributed by atoms with E-state index in [9.17, 15) is 10.2 Å². The van der Waals surface area contributed by atoms with Gasteiger partial charge in [-0.2, -0.15) is 0 Å². The van der Waals surface area contributed by atoms with E-state index >= 15 is 0 Å². The minimum Gasteiger partial charge on any atom is -0.504 e. The fraction of sp³-hybridized carbons (Fsp3) is 0.357. The van der Waals surface area contributed by atoms with E-state index in [0.717, 1.165) is 42.7 Å². The van der Waals surface area contributed by atoms with Crippen LogP contribution >= 0.6 is 0 Å². The van der Waals surface area contributed by atoms with Gasteiger partial charge in [0, 0.05) is 6.61 Å². The molecule has 174 valence electrons. The van der Waals surface area contributed by atoms with E-state index in [1.54, 1.807) is 27.4 Å². The van der Waals surface area contributed by atoms with E-state index in [4.69, 9.17) is 14.2 Å². The molecule has 0 aliphatic heterocycles. The number of fused-ring (bicyclic) bond motifs is 1. The van der Waals surface area contributed by atoms with E-state index in [0.29, 0.717) is 5.75 Å². The van der Waals surface area contributed by atoms with Crippen LogP contribution in [0, 0.1) is 5.92 Å². The van der Waals surface area contributed by atoms with Crippen LogP contribution in [0.1, 0.15) is 33.7 Å². The number of aryl methyl sites for hydroxylation is 2. The van der Waals surface area contributed by atoms with Crippen molar-refractivity contribution in [1.82, 2.24) is 0 Å². The minimum absolute atomic E-state index is 0.0748. The highest BCUT2D eigenvalue weighted by atomic mass is 16.5. The number of rotatable bonds is 8. The molecule has 0 unspecified atom stereocenters. The first-order valence-corrected chi connectivity index (χ1v) is 11.4. The topological polar surface area (TPSA) is 68.2 Å². The fourth-order valence-corrected chi connectivity index (χ4v) is 4.90. The van der Waals surface area contributed by atoms with Crippen LogP contribution < -0.4 is 14.2 Å². The predicted octanol–water partition coefficient (Wildman–Crippen LogP) is 4.69. The highest BCUT2D eigenvalue weighted by molar-refractivity contribution is 5.49. The Bertz CT molecular complexity index is 1090. The molecule has 0 spiro atoms. The molecule has 2 atom stereocenters. The van der Waals surface area contributed by atoms with Crippen LogP contribution in [0.5, 0.6) is 23.0 Å². The Morgan fingerprint density at radius 1 is 0.788 bits per heavy atom. The van der Waals surface area contributed by atoms with Crippen LogP contribution in [0.15, 0.2) is 54.6 Å². The molecule has 0 amide bonds. The number of ether oxygens (including phenoxy) is 3. The van der Waals surface area contributed by atoms with Crippen molar-refractivity contribution in [2.24, 2.45) is 5.92 Å². The summed E-state index contributed by atoms with van der Waals surface area (Å²) in [5.74, 6) is 2.56. The van der Waals surface area contributed by atoms with Gasteiger partial charge >= 0.3 is 0 Å². The van der Waals surface area contributed by atoms with Gasteiger partial charge in [-0.3, -0.25) is 0 Å². The maximum absolute atomic E-state index is 10.2. The highest BCUT2D eigenvalue weighted by Gasteiger charge is 2.32. The zero-order valence-corrected chi connectivity index (χ0v) is 19.5. The van der Waals surface area contributed by atoms with E-state index < -0.39 is 0 Å². The molecule has 3 aromatic rings. The van der Waals surface area contributed by atoms with Crippen LogP contribution in [0.25, 0.3) is 0 Å². The van der Waals surface area contributed by atoms with E-state index in [1.807, 2.05) is 24.3 Å². The van der Waals surface area contributed by atoms with Gasteiger partial charge in [-0.1, -0.05) is 24.3 Å². The van der Waals surface area contributed by atoms with E-state index in [2.05, 4.69) is 24.3 Å². The van der Waals surface area contributed by atoms with Gasteiger partial charge in [0.15, 0.2) is 11.5 Å². The van der Waals surface area contributed by atoms with Crippen molar-refractivity contribution >= 4 is 0 Å². The Balaban J connectivity index is 1.60. The average Bonchev–Trinajstić information content (AvgIpc) is 2.86. The Kier molecular flexibility index (Phi) is 7.09. The molecule has 3 aromatic carbocycles. The van der Waals surface area contributed by atoms with Gasteiger partial charge in [-0.15, -0.1) is 0 Å². The maximum atomic E-state index is 10.2. The molecule has 2 N–H and O–H groups in total. The van der Waals surface area contributed by atoms with Gasteiger partial charge in [0.1, 0.15) is 11.5 Å². The summed E-state index contributed by atoms with van der Waals surface area (Å²) in [6.07, 6.45) is 3.41. The summed E-state index contributed by atoms with van der Waals surface area (Å²) >= 11 is 0. The molecule has 0 heterocycles. The number of aliphatic hydroxyl groups excluding tert-OH is 1. The summed E-state index contributed by atoms with van der Waals surface area (Å²) in [6.45, 7) is 0.0929. The van der Waals surface area contributed by atoms with Gasteiger partial charge in [0.25, 0.3) is 0 Å². The van der Waals surface area contributed by atoms with Crippen molar-refractivity contribution in [3.63, 3.8) is 0 Å². The second-order valence-corrected chi connectivity index (χ2v) is 8.67. The van der Waals surface area contributed by atoms with E-state index in [-0.39, 0.29) is 24.2 Å². The number of hydrogen-bond donors (Lipinski definition) is 2. The predicted molar refractivity (Wildman–Crippen MR) is 129 cm³/mol. The minimum atomic E-state index is 0.0748. The molecular weight excluding hydrogens is 416 g/mol. The number of methoxy groups -OCH3 is 3. The third-order valence-electron chi connectivity index (χ3n) is 6.78. The zero-order chi connectivity index (χ0) is 23.4.